The highest BCUT2D eigenvalue weighted by Gasteiger charge is 2.25. The Kier molecular flexibility index (Phi) is 4.70. The third-order valence-corrected chi connectivity index (χ3v) is 5.55. The second-order valence-electron chi connectivity index (χ2n) is 7.27. The maximum atomic E-state index is 11.9. The van der Waals surface area contributed by atoms with Gasteiger partial charge in [0.1, 0.15) is 11.9 Å². The summed E-state index contributed by atoms with van der Waals surface area (Å²) in [5.74, 6) is 0.728. The van der Waals surface area contributed by atoms with Crippen molar-refractivity contribution >= 4 is 5.82 Å². The van der Waals surface area contributed by atoms with E-state index in [4.69, 9.17) is 4.98 Å². The molecule has 2 aliphatic rings. The number of hydrogen-bond acceptors (Lipinski definition) is 5. The molecule has 0 amide bonds. The maximum Gasteiger partial charge on any atom is 0.266 e. The van der Waals surface area contributed by atoms with Gasteiger partial charge in [0.25, 0.3) is 5.56 Å². The Bertz CT molecular complexity index is 890. The van der Waals surface area contributed by atoms with Crippen molar-refractivity contribution in [2.75, 3.05) is 5.32 Å². The van der Waals surface area contributed by atoms with Gasteiger partial charge in [0.2, 0.25) is 0 Å². The molecular weight excluding hydrogens is 326 g/mol. The van der Waals surface area contributed by atoms with Crippen molar-refractivity contribution in [3.05, 3.63) is 51.6 Å². The Morgan fingerprint density at radius 2 is 2.00 bits per heavy atom. The molecule has 2 aromatic rings. The molecule has 2 heterocycles. The summed E-state index contributed by atoms with van der Waals surface area (Å²) in [6.07, 6.45) is 9.75. The molecule has 0 bridgehead atoms. The molecule has 1 saturated carbocycles. The highest BCUT2D eigenvalue weighted by atomic mass is 16.1. The van der Waals surface area contributed by atoms with E-state index in [2.05, 4.69) is 16.5 Å². The molecule has 134 valence electrons. The summed E-state index contributed by atoms with van der Waals surface area (Å²) in [5.41, 5.74) is 2.99. The Morgan fingerprint density at radius 1 is 1.19 bits per heavy atom. The summed E-state index contributed by atoms with van der Waals surface area (Å²) >= 11 is 0. The number of hydrogen-bond donors (Lipinski definition) is 1. The van der Waals surface area contributed by atoms with Gasteiger partial charge in [-0.3, -0.25) is 4.79 Å². The van der Waals surface area contributed by atoms with E-state index in [9.17, 15) is 10.1 Å². The summed E-state index contributed by atoms with van der Waals surface area (Å²) in [5, 5.41) is 17.2. The van der Waals surface area contributed by atoms with Crippen molar-refractivity contribution in [3.63, 3.8) is 0 Å². The SMILES string of the molecule is N#Cc1cc2c(nc1NC1CCC(n3ncccc3=O)CC1)CCCC2. The lowest BCUT2D eigenvalue weighted by atomic mass is 9.90. The molecule has 1 N–H and O–H groups in total. The number of nitrogens with zero attached hydrogens (tertiary/aromatic N) is 4. The van der Waals surface area contributed by atoms with Gasteiger partial charge < -0.3 is 5.32 Å². The van der Waals surface area contributed by atoms with Crippen molar-refractivity contribution in [1.82, 2.24) is 14.8 Å². The highest BCUT2D eigenvalue weighted by Crippen LogP contribution is 2.30. The minimum atomic E-state index is -0.0352. The summed E-state index contributed by atoms with van der Waals surface area (Å²) < 4.78 is 1.61. The predicted molar refractivity (Wildman–Crippen MR) is 99.0 cm³/mol. The fourth-order valence-electron chi connectivity index (χ4n) is 4.13. The van der Waals surface area contributed by atoms with Gasteiger partial charge in [0.05, 0.1) is 11.6 Å². The standard InChI is InChI=1S/C20H23N5O/c21-13-15-12-14-4-1-2-5-18(14)24-20(15)23-16-7-9-17(10-8-16)25-19(26)6-3-11-22-25/h3,6,11-12,16-17H,1-2,4-5,7-10H2,(H,23,24). The van der Waals surface area contributed by atoms with E-state index in [-0.39, 0.29) is 17.6 Å². The minimum Gasteiger partial charge on any atom is -0.366 e. The van der Waals surface area contributed by atoms with Crippen molar-refractivity contribution in [2.45, 2.75) is 63.5 Å². The fraction of sp³-hybridized carbons (Fsp3) is 0.500. The first kappa shape index (κ1) is 16.8. The molecule has 2 aromatic heterocycles. The molecule has 2 aliphatic carbocycles. The fourth-order valence-corrected chi connectivity index (χ4v) is 4.13. The van der Waals surface area contributed by atoms with Crippen LogP contribution >= 0.6 is 0 Å². The van der Waals surface area contributed by atoms with E-state index in [0.717, 1.165) is 50.0 Å². The summed E-state index contributed by atoms with van der Waals surface area (Å²) in [6, 6.07) is 8.00. The molecule has 1 fully saturated rings. The van der Waals surface area contributed by atoms with Crippen LogP contribution in [0.15, 0.2) is 29.2 Å². The largest absolute Gasteiger partial charge is 0.366 e. The zero-order chi connectivity index (χ0) is 17.9. The second kappa shape index (κ2) is 7.28. The van der Waals surface area contributed by atoms with Crippen molar-refractivity contribution in [3.8, 4) is 6.07 Å². The van der Waals surface area contributed by atoms with Crippen LogP contribution in [0.3, 0.4) is 0 Å². The van der Waals surface area contributed by atoms with Crippen LogP contribution in [-0.4, -0.2) is 20.8 Å². The molecule has 0 saturated heterocycles. The molecule has 0 radical (unpaired) electrons. The van der Waals surface area contributed by atoms with Crippen LogP contribution in [0.5, 0.6) is 0 Å². The van der Waals surface area contributed by atoms with Crippen LogP contribution in [0.4, 0.5) is 5.82 Å². The van der Waals surface area contributed by atoms with E-state index in [1.165, 1.54) is 18.4 Å². The van der Waals surface area contributed by atoms with Crippen LogP contribution in [0.25, 0.3) is 0 Å². The first-order chi connectivity index (χ1) is 12.7. The van der Waals surface area contributed by atoms with Crippen LogP contribution in [0.1, 0.15) is 61.4 Å². The predicted octanol–water partition coefficient (Wildman–Crippen LogP) is 2.98. The molecule has 6 nitrogen and oxygen atoms in total. The van der Waals surface area contributed by atoms with Crippen LogP contribution in [0.2, 0.25) is 0 Å². The van der Waals surface area contributed by atoms with E-state index in [0.29, 0.717) is 5.56 Å². The van der Waals surface area contributed by atoms with Crippen LogP contribution in [0, 0.1) is 11.3 Å². The Balaban J connectivity index is 1.46. The summed E-state index contributed by atoms with van der Waals surface area (Å²) in [6.45, 7) is 0. The van der Waals surface area contributed by atoms with Crippen molar-refractivity contribution in [2.24, 2.45) is 0 Å². The third kappa shape index (κ3) is 3.34. The first-order valence-electron chi connectivity index (χ1n) is 9.48. The monoisotopic (exact) mass is 349 g/mol. The summed E-state index contributed by atoms with van der Waals surface area (Å²) in [4.78, 5) is 16.7. The average molecular weight is 349 g/mol. The Hall–Kier alpha value is -2.68. The Labute approximate surface area is 152 Å². The van der Waals surface area contributed by atoms with Gasteiger partial charge in [-0.1, -0.05) is 0 Å². The van der Waals surface area contributed by atoms with E-state index < -0.39 is 0 Å². The first-order valence-corrected chi connectivity index (χ1v) is 9.48. The molecule has 0 spiro atoms. The lowest BCUT2D eigenvalue weighted by Gasteiger charge is -2.30. The number of fused-ring (bicyclic) bond motifs is 1. The van der Waals surface area contributed by atoms with E-state index in [1.54, 1.807) is 23.0 Å². The zero-order valence-corrected chi connectivity index (χ0v) is 14.8. The van der Waals surface area contributed by atoms with Crippen molar-refractivity contribution in [1.29, 1.82) is 5.26 Å². The number of nitrogens with one attached hydrogen (secondary N) is 1. The van der Waals surface area contributed by atoms with Gasteiger partial charge in [-0.05, 0) is 69.1 Å². The molecule has 0 aliphatic heterocycles. The number of aryl methyl sites for hydroxylation is 2. The molecule has 0 aromatic carbocycles. The second-order valence-corrected chi connectivity index (χ2v) is 7.27. The van der Waals surface area contributed by atoms with Gasteiger partial charge >= 0.3 is 0 Å². The van der Waals surface area contributed by atoms with Crippen LogP contribution < -0.4 is 10.9 Å². The molecule has 0 atom stereocenters. The van der Waals surface area contributed by atoms with E-state index >= 15 is 0 Å². The molecule has 0 unspecified atom stereocenters. The molecular formula is C20H23N5O. The number of pyridine rings is 1. The third-order valence-electron chi connectivity index (χ3n) is 5.55. The lowest BCUT2D eigenvalue weighted by molar-refractivity contribution is 0.303. The highest BCUT2D eigenvalue weighted by molar-refractivity contribution is 5.55. The quantitative estimate of drug-likeness (QED) is 0.921. The summed E-state index contributed by atoms with van der Waals surface area (Å²) in [7, 11) is 0. The van der Waals surface area contributed by atoms with Gasteiger partial charge in [0, 0.05) is 24.0 Å². The minimum absolute atomic E-state index is 0.0352. The topological polar surface area (TPSA) is 83.6 Å². The number of nitriles is 1. The van der Waals surface area contributed by atoms with E-state index in [1.807, 2.05) is 6.07 Å². The van der Waals surface area contributed by atoms with Crippen LogP contribution in [-0.2, 0) is 12.8 Å². The molecule has 4 rings (SSSR count). The zero-order valence-electron chi connectivity index (χ0n) is 14.8. The average Bonchev–Trinajstić information content (AvgIpc) is 2.68. The normalized spacial score (nSPS) is 22.3. The maximum absolute atomic E-state index is 11.9. The van der Waals surface area contributed by atoms with Gasteiger partial charge in [-0.25, -0.2) is 9.67 Å². The molecule has 26 heavy (non-hydrogen) atoms. The van der Waals surface area contributed by atoms with Gasteiger partial charge in [0.15, 0.2) is 0 Å². The van der Waals surface area contributed by atoms with Crippen molar-refractivity contribution < 1.29 is 0 Å². The number of rotatable bonds is 3. The molecule has 6 heteroatoms. The smallest absolute Gasteiger partial charge is 0.266 e. The van der Waals surface area contributed by atoms with Gasteiger partial charge in [-0.15, -0.1) is 0 Å². The lowest BCUT2D eigenvalue weighted by Crippen LogP contribution is -2.33. The Morgan fingerprint density at radius 3 is 2.77 bits per heavy atom. The van der Waals surface area contributed by atoms with Gasteiger partial charge in [-0.2, -0.15) is 10.4 Å². The number of aromatic nitrogens is 3. The number of anilines is 1.